The lowest BCUT2D eigenvalue weighted by molar-refractivity contribution is 0.0920. The van der Waals surface area contributed by atoms with E-state index >= 15 is 0 Å². The molecule has 84 valence electrons. The van der Waals surface area contributed by atoms with Crippen LogP contribution in [0.2, 0.25) is 0 Å². The van der Waals surface area contributed by atoms with Crippen LogP contribution >= 0.6 is 15.9 Å². The molecule has 0 aromatic carbocycles. The van der Waals surface area contributed by atoms with E-state index < -0.39 is 0 Å². The van der Waals surface area contributed by atoms with Crippen LogP contribution in [0.1, 0.15) is 30.2 Å². The van der Waals surface area contributed by atoms with Crippen molar-refractivity contribution in [3.8, 4) is 0 Å². The lowest BCUT2D eigenvalue weighted by Crippen LogP contribution is -2.28. The molecule has 1 unspecified atom stereocenters. The van der Waals surface area contributed by atoms with Gasteiger partial charge < -0.3 is 9.73 Å². The van der Waals surface area contributed by atoms with Crippen molar-refractivity contribution in [3.05, 3.63) is 23.7 Å². The smallest absolute Gasteiger partial charge is 0.287 e. The monoisotopic (exact) mass is 273 g/mol. The standard InChI is InChI=1S/C11H16BrNO2/c1-3-9-4-5-10(15-9)11(14)13-7-8(2)6-12/h4-5,8H,3,6-7H2,1-2H3,(H,13,14). The Bertz CT molecular complexity index is 322. The zero-order valence-corrected chi connectivity index (χ0v) is 10.6. The molecule has 0 radical (unpaired) electrons. The summed E-state index contributed by atoms with van der Waals surface area (Å²) in [5.41, 5.74) is 0. The average molecular weight is 274 g/mol. The molecule has 1 rings (SSSR count). The molecule has 4 heteroatoms. The van der Waals surface area contributed by atoms with E-state index in [-0.39, 0.29) is 5.91 Å². The lowest BCUT2D eigenvalue weighted by Gasteiger charge is -2.07. The number of nitrogens with one attached hydrogen (secondary N) is 1. The van der Waals surface area contributed by atoms with Crippen molar-refractivity contribution in [2.45, 2.75) is 20.3 Å². The average Bonchev–Trinajstić information content (AvgIpc) is 2.73. The minimum Gasteiger partial charge on any atom is -0.456 e. The van der Waals surface area contributed by atoms with E-state index in [2.05, 4.69) is 28.2 Å². The summed E-state index contributed by atoms with van der Waals surface area (Å²) in [6.45, 7) is 4.72. The highest BCUT2D eigenvalue weighted by Crippen LogP contribution is 2.08. The number of furan rings is 1. The third-order valence-electron chi connectivity index (χ3n) is 2.11. The Kier molecular flexibility index (Phi) is 4.88. The number of carbonyl (C=O) groups is 1. The van der Waals surface area contributed by atoms with Crippen LogP contribution in [0.25, 0.3) is 0 Å². The van der Waals surface area contributed by atoms with Crippen molar-refractivity contribution in [1.29, 1.82) is 0 Å². The fourth-order valence-electron chi connectivity index (χ4n) is 1.10. The maximum atomic E-state index is 11.6. The normalized spacial score (nSPS) is 12.5. The Hall–Kier alpha value is -0.770. The van der Waals surface area contributed by atoms with Gasteiger partial charge in [0.05, 0.1) is 0 Å². The quantitative estimate of drug-likeness (QED) is 0.838. The Morgan fingerprint density at radius 3 is 2.87 bits per heavy atom. The predicted molar refractivity (Wildman–Crippen MR) is 63.4 cm³/mol. The third kappa shape index (κ3) is 3.70. The van der Waals surface area contributed by atoms with Crippen LogP contribution in [0.15, 0.2) is 16.5 Å². The van der Waals surface area contributed by atoms with Crippen LogP contribution < -0.4 is 5.32 Å². The van der Waals surface area contributed by atoms with E-state index in [0.717, 1.165) is 17.5 Å². The van der Waals surface area contributed by atoms with Gasteiger partial charge in [0.15, 0.2) is 5.76 Å². The molecule has 0 aliphatic rings. The van der Waals surface area contributed by atoms with Gasteiger partial charge in [0.1, 0.15) is 5.76 Å². The Labute approximate surface area is 98.4 Å². The summed E-state index contributed by atoms with van der Waals surface area (Å²) in [5.74, 6) is 1.53. The van der Waals surface area contributed by atoms with Crippen molar-refractivity contribution >= 4 is 21.8 Å². The summed E-state index contributed by atoms with van der Waals surface area (Å²) in [6.07, 6.45) is 0.811. The third-order valence-corrected chi connectivity index (χ3v) is 3.21. The maximum Gasteiger partial charge on any atom is 0.287 e. The second kappa shape index (κ2) is 5.95. The summed E-state index contributed by atoms with van der Waals surface area (Å²) < 4.78 is 5.34. The fraction of sp³-hybridized carbons (Fsp3) is 0.545. The Morgan fingerprint density at radius 2 is 2.33 bits per heavy atom. The summed E-state index contributed by atoms with van der Waals surface area (Å²) in [7, 11) is 0. The number of carbonyl (C=O) groups excluding carboxylic acids is 1. The highest BCUT2D eigenvalue weighted by atomic mass is 79.9. The number of hydrogen-bond donors (Lipinski definition) is 1. The molecule has 0 bridgehead atoms. The molecule has 0 saturated heterocycles. The van der Waals surface area contributed by atoms with Gasteiger partial charge in [0.25, 0.3) is 5.91 Å². The van der Waals surface area contributed by atoms with E-state index in [1.165, 1.54) is 0 Å². The highest BCUT2D eigenvalue weighted by molar-refractivity contribution is 9.09. The lowest BCUT2D eigenvalue weighted by atomic mass is 10.2. The van der Waals surface area contributed by atoms with Crippen molar-refractivity contribution in [2.75, 3.05) is 11.9 Å². The molecule has 1 amide bonds. The predicted octanol–water partition coefficient (Wildman–Crippen LogP) is 2.60. The topological polar surface area (TPSA) is 42.2 Å². The number of alkyl halides is 1. The molecule has 15 heavy (non-hydrogen) atoms. The van der Waals surface area contributed by atoms with Crippen LogP contribution in [-0.4, -0.2) is 17.8 Å². The summed E-state index contributed by atoms with van der Waals surface area (Å²) in [6, 6.07) is 3.55. The van der Waals surface area contributed by atoms with Gasteiger partial charge in [-0.3, -0.25) is 4.79 Å². The highest BCUT2D eigenvalue weighted by Gasteiger charge is 2.10. The van der Waals surface area contributed by atoms with Crippen LogP contribution in [0.4, 0.5) is 0 Å². The second-order valence-electron chi connectivity index (χ2n) is 3.59. The van der Waals surface area contributed by atoms with Gasteiger partial charge in [0, 0.05) is 18.3 Å². The van der Waals surface area contributed by atoms with Gasteiger partial charge in [-0.05, 0) is 18.1 Å². The SMILES string of the molecule is CCc1ccc(C(=O)NCC(C)CBr)o1. The Balaban J connectivity index is 2.46. The molecule has 0 aliphatic heterocycles. The summed E-state index contributed by atoms with van der Waals surface area (Å²) >= 11 is 3.36. The number of amides is 1. The number of rotatable bonds is 5. The van der Waals surface area contributed by atoms with Crippen molar-refractivity contribution in [2.24, 2.45) is 5.92 Å². The molecule has 0 aliphatic carbocycles. The minimum absolute atomic E-state index is 0.137. The first kappa shape index (κ1) is 12.3. The zero-order chi connectivity index (χ0) is 11.3. The molecule has 1 aromatic rings. The largest absolute Gasteiger partial charge is 0.456 e. The molecular formula is C11H16BrNO2. The van der Waals surface area contributed by atoms with Crippen LogP contribution in [0.5, 0.6) is 0 Å². The van der Waals surface area contributed by atoms with Crippen LogP contribution in [0, 0.1) is 5.92 Å². The van der Waals surface area contributed by atoms with E-state index in [4.69, 9.17) is 4.42 Å². The molecule has 1 N–H and O–H groups in total. The number of aryl methyl sites for hydroxylation is 1. The van der Waals surface area contributed by atoms with Gasteiger partial charge in [-0.1, -0.05) is 29.8 Å². The second-order valence-corrected chi connectivity index (χ2v) is 4.24. The van der Waals surface area contributed by atoms with Crippen molar-refractivity contribution in [3.63, 3.8) is 0 Å². The van der Waals surface area contributed by atoms with Gasteiger partial charge in [0.2, 0.25) is 0 Å². The molecular weight excluding hydrogens is 258 g/mol. The van der Waals surface area contributed by atoms with E-state index in [0.29, 0.717) is 18.2 Å². The maximum absolute atomic E-state index is 11.6. The summed E-state index contributed by atoms with van der Waals surface area (Å²) in [5, 5.41) is 3.70. The molecule has 1 atom stereocenters. The number of halogens is 1. The van der Waals surface area contributed by atoms with Crippen LogP contribution in [-0.2, 0) is 6.42 Å². The molecule has 0 fully saturated rings. The molecule has 1 heterocycles. The first-order chi connectivity index (χ1) is 7.17. The van der Waals surface area contributed by atoms with Gasteiger partial charge >= 0.3 is 0 Å². The first-order valence-electron chi connectivity index (χ1n) is 5.10. The number of hydrogen-bond acceptors (Lipinski definition) is 2. The Morgan fingerprint density at radius 1 is 1.60 bits per heavy atom. The van der Waals surface area contributed by atoms with Gasteiger partial charge in [-0.2, -0.15) is 0 Å². The van der Waals surface area contributed by atoms with E-state index in [1.54, 1.807) is 6.07 Å². The summed E-state index contributed by atoms with van der Waals surface area (Å²) in [4.78, 5) is 11.6. The zero-order valence-electron chi connectivity index (χ0n) is 9.05. The molecule has 0 spiro atoms. The molecule has 1 aromatic heterocycles. The molecule has 0 saturated carbocycles. The first-order valence-corrected chi connectivity index (χ1v) is 6.22. The van der Waals surface area contributed by atoms with E-state index in [1.807, 2.05) is 13.0 Å². The fourth-order valence-corrected chi connectivity index (χ4v) is 1.33. The van der Waals surface area contributed by atoms with Crippen molar-refractivity contribution < 1.29 is 9.21 Å². The molecule has 3 nitrogen and oxygen atoms in total. The van der Waals surface area contributed by atoms with Crippen molar-refractivity contribution in [1.82, 2.24) is 5.32 Å². The minimum atomic E-state index is -0.137. The van der Waals surface area contributed by atoms with Gasteiger partial charge in [-0.25, -0.2) is 0 Å². The van der Waals surface area contributed by atoms with E-state index in [9.17, 15) is 4.79 Å². The van der Waals surface area contributed by atoms with Crippen LogP contribution in [0.3, 0.4) is 0 Å². The van der Waals surface area contributed by atoms with Gasteiger partial charge in [-0.15, -0.1) is 0 Å².